The van der Waals surface area contributed by atoms with E-state index in [1.807, 2.05) is 25.1 Å². The number of furan rings is 1. The van der Waals surface area contributed by atoms with E-state index < -0.39 is 0 Å². The zero-order valence-corrected chi connectivity index (χ0v) is 14.2. The fourth-order valence-electron chi connectivity index (χ4n) is 3.19. The molecule has 2 aromatic heterocycles. The van der Waals surface area contributed by atoms with Gasteiger partial charge in [-0.15, -0.1) is 10.2 Å². The summed E-state index contributed by atoms with van der Waals surface area (Å²) in [5.74, 6) is 1.95. The minimum absolute atomic E-state index is 0.259. The number of rotatable bonds is 3. The Bertz CT molecular complexity index is 896. The molecule has 3 aromatic rings. The third kappa shape index (κ3) is 3.07. The van der Waals surface area contributed by atoms with Gasteiger partial charge in [0.25, 0.3) is 5.91 Å². The minimum Gasteiger partial charge on any atom is -0.459 e. The van der Waals surface area contributed by atoms with Gasteiger partial charge in [-0.2, -0.15) is 0 Å². The van der Waals surface area contributed by atoms with E-state index in [0.29, 0.717) is 5.76 Å². The van der Waals surface area contributed by atoms with Crippen LogP contribution in [-0.4, -0.2) is 20.7 Å². The lowest BCUT2D eigenvalue weighted by atomic mass is 10.1. The lowest BCUT2D eigenvalue weighted by molar-refractivity contribution is 0.0996. The van der Waals surface area contributed by atoms with Crippen LogP contribution in [0.1, 0.15) is 41.2 Å². The van der Waals surface area contributed by atoms with E-state index in [1.165, 1.54) is 12.7 Å². The van der Waals surface area contributed by atoms with Crippen LogP contribution >= 0.6 is 0 Å². The summed E-state index contributed by atoms with van der Waals surface area (Å²) in [4.78, 5) is 12.3. The zero-order chi connectivity index (χ0) is 17.2. The lowest BCUT2D eigenvalue weighted by Gasteiger charge is -2.11. The van der Waals surface area contributed by atoms with Gasteiger partial charge in [0.05, 0.1) is 6.26 Å². The number of carbonyl (C=O) groups excluding carboxylic acids is 1. The molecule has 3 heterocycles. The summed E-state index contributed by atoms with van der Waals surface area (Å²) in [5.41, 5.74) is 2.70. The summed E-state index contributed by atoms with van der Waals surface area (Å²) in [6, 6.07) is 9.32. The maximum Gasteiger partial charge on any atom is 0.291 e. The second-order valence-electron chi connectivity index (χ2n) is 6.36. The molecular weight excluding hydrogens is 316 g/mol. The van der Waals surface area contributed by atoms with E-state index in [1.54, 1.807) is 12.1 Å². The Balaban J connectivity index is 1.66. The van der Waals surface area contributed by atoms with E-state index in [0.717, 1.165) is 54.3 Å². The molecule has 6 heteroatoms. The molecule has 25 heavy (non-hydrogen) atoms. The third-order valence-corrected chi connectivity index (χ3v) is 4.60. The molecule has 6 nitrogen and oxygen atoms in total. The Labute approximate surface area is 145 Å². The van der Waals surface area contributed by atoms with Gasteiger partial charge in [0.15, 0.2) is 11.6 Å². The molecule has 0 saturated carbocycles. The normalized spacial score (nSPS) is 14.0. The summed E-state index contributed by atoms with van der Waals surface area (Å²) in [6.07, 6.45) is 5.99. The van der Waals surface area contributed by atoms with Crippen molar-refractivity contribution in [1.82, 2.24) is 14.8 Å². The van der Waals surface area contributed by atoms with Crippen LogP contribution < -0.4 is 5.32 Å². The molecule has 0 fully saturated rings. The molecule has 0 aliphatic carbocycles. The van der Waals surface area contributed by atoms with Crippen LogP contribution in [0.2, 0.25) is 0 Å². The molecule has 1 amide bonds. The number of fused-ring (bicyclic) bond motifs is 1. The summed E-state index contributed by atoms with van der Waals surface area (Å²) in [6.45, 7) is 2.91. The molecular formula is C19H20N4O2. The largest absolute Gasteiger partial charge is 0.459 e. The standard InChI is InChI=1S/C19H20N4O2/c1-13-8-9-14(12-15(13)20-19(24)16-6-5-11-25-16)18-22-21-17-7-3-2-4-10-23(17)18/h5-6,8-9,11-12H,2-4,7,10H2,1H3,(H,20,24). The molecule has 1 N–H and O–H groups in total. The fourth-order valence-corrected chi connectivity index (χ4v) is 3.19. The van der Waals surface area contributed by atoms with Crippen molar-refractivity contribution in [2.45, 2.75) is 39.2 Å². The van der Waals surface area contributed by atoms with Crippen LogP contribution in [0.5, 0.6) is 0 Å². The predicted molar refractivity (Wildman–Crippen MR) is 94.4 cm³/mol. The molecule has 4 rings (SSSR count). The van der Waals surface area contributed by atoms with E-state index in [4.69, 9.17) is 4.42 Å². The molecule has 1 aromatic carbocycles. The Morgan fingerprint density at radius 1 is 1.20 bits per heavy atom. The van der Waals surface area contributed by atoms with E-state index >= 15 is 0 Å². The highest BCUT2D eigenvalue weighted by atomic mass is 16.3. The topological polar surface area (TPSA) is 73.0 Å². The zero-order valence-electron chi connectivity index (χ0n) is 14.2. The molecule has 0 saturated heterocycles. The molecule has 1 aliphatic rings. The molecule has 0 spiro atoms. The van der Waals surface area contributed by atoms with Crippen molar-refractivity contribution >= 4 is 11.6 Å². The quantitative estimate of drug-likeness (QED) is 0.789. The monoisotopic (exact) mass is 336 g/mol. The number of aromatic nitrogens is 3. The summed E-state index contributed by atoms with van der Waals surface area (Å²) < 4.78 is 7.36. The van der Waals surface area contributed by atoms with Crippen LogP contribution in [0.4, 0.5) is 5.69 Å². The first kappa shape index (κ1) is 15.6. The Hall–Kier alpha value is -2.89. The number of amides is 1. The first-order valence-electron chi connectivity index (χ1n) is 8.60. The number of anilines is 1. The highest BCUT2D eigenvalue weighted by Crippen LogP contribution is 2.27. The SMILES string of the molecule is Cc1ccc(-c2nnc3n2CCCCC3)cc1NC(=O)c1ccco1. The van der Waals surface area contributed by atoms with Crippen molar-refractivity contribution in [3.63, 3.8) is 0 Å². The van der Waals surface area contributed by atoms with Gasteiger partial charge in [-0.05, 0) is 43.5 Å². The van der Waals surface area contributed by atoms with Gasteiger partial charge in [-0.3, -0.25) is 4.79 Å². The van der Waals surface area contributed by atoms with E-state index in [-0.39, 0.29) is 5.91 Å². The number of hydrogen-bond acceptors (Lipinski definition) is 4. The predicted octanol–water partition coefficient (Wildman–Crippen LogP) is 3.83. The van der Waals surface area contributed by atoms with Crippen molar-refractivity contribution in [3.05, 3.63) is 53.7 Å². The van der Waals surface area contributed by atoms with Crippen LogP contribution in [0.25, 0.3) is 11.4 Å². The maximum absolute atomic E-state index is 12.3. The van der Waals surface area contributed by atoms with Crippen LogP contribution in [0, 0.1) is 6.92 Å². The number of nitrogens with one attached hydrogen (secondary N) is 1. The number of nitrogens with zero attached hydrogens (tertiary/aromatic N) is 3. The number of benzene rings is 1. The van der Waals surface area contributed by atoms with Crippen molar-refractivity contribution in [2.75, 3.05) is 5.32 Å². The number of hydrogen-bond donors (Lipinski definition) is 1. The molecule has 0 atom stereocenters. The Morgan fingerprint density at radius 3 is 2.96 bits per heavy atom. The first-order valence-corrected chi connectivity index (χ1v) is 8.60. The highest BCUT2D eigenvalue weighted by molar-refractivity contribution is 6.02. The number of aryl methyl sites for hydroxylation is 2. The van der Waals surface area contributed by atoms with Crippen LogP contribution in [0.15, 0.2) is 41.0 Å². The van der Waals surface area contributed by atoms with Gasteiger partial charge in [0.1, 0.15) is 5.82 Å². The summed E-state index contributed by atoms with van der Waals surface area (Å²) >= 11 is 0. The maximum atomic E-state index is 12.3. The fraction of sp³-hybridized carbons (Fsp3) is 0.316. The van der Waals surface area contributed by atoms with E-state index in [2.05, 4.69) is 20.1 Å². The molecule has 0 unspecified atom stereocenters. The smallest absolute Gasteiger partial charge is 0.291 e. The van der Waals surface area contributed by atoms with E-state index in [9.17, 15) is 4.79 Å². The lowest BCUT2D eigenvalue weighted by Crippen LogP contribution is -2.12. The first-order chi connectivity index (χ1) is 12.2. The van der Waals surface area contributed by atoms with Gasteiger partial charge in [0, 0.05) is 24.2 Å². The molecule has 1 aliphatic heterocycles. The average molecular weight is 336 g/mol. The Kier molecular flexibility index (Phi) is 4.09. The van der Waals surface area contributed by atoms with Crippen molar-refractivity contribution in [1.29, 1.82) is 0 Å². The molecule has 0 bridgehead atoms. The van der Waals surface area contributed by atoms with Crippen molar-refractivity contribution in [3.8, 4) is 11.4 Å². The van der Waals surface area contributed by atoms with Gasteiger partial charge in [-0.25, -0.2) is 0 Å². The second-order valence-corrected chi connectivity index (χ2v) is 6.36. The van der Waals surface area contributed by atoms with Gasteiger partial charge < -0.3 is 14.3 Å². The summed E-state index contributed by atoms with van der Waals surface area (Å²) in [7, 11) is 0. The number of carbonyl (C=O) groups is 1. The minimum atomic E-state index is -0.259. The van der Waals surface area contributed by atoms with Gasteiger partial charge in [-0.1, -0.05) is 18.6 Å². The van der Waals surface area contributed by atoms with Crippen molar-refractivity contribution in [2.24, 2.45) is 0 Å². The van der Waals surface area contributed by atoms with Crippen molar-refractivity contribution < 1.29 is 9.21 Å². The molecule has 128 valence electrons. The Morgan fingerprint density at radius 2 is 2.12 bits per heavy atom. The third-order valence-electron chi connectivity index (χ3n) is 4.60. The van der Waals surface area contributed by atoms with Crippen LogP contribution in [0.3, 0.4) is 0 Å². The summed E-state index contributed by atoms with van der Waals surface area (Å²) in [5, 5.41) is 11.7. The van der Waals surface area contributed by atoms with Gasteiger partial charge in [0.2, 0.25) is 0 Å². The highest BCUT2D eigenvalue weighted by Gasteiger charge is 2.17. The van der Waals surface area contributed by atoms with Crippen LogP contribution in [-0.2, 0) is 13.0 Å². The second kappa shape index (κ2) is 6.55. The molecule has 0 radical (unpaired) electrons. The average Bonchev–Trinajstić information content (AvgIpc) is 3.23. The van der Waals surface area contributed by atoms with Gasteiger partial charge >= 0.3 is 0 Å².